The van der Waals surface area contributed by atoms with Gasteiger partial charge in [0.05, 0.1) is 0 Å². The number of aryl methyl sites for hydroxylation is 1. The van der Waals surface area contributed by atoms with Crippen molar-refractivity contribution in [2.45, 2.75) is 13.5 Å². The van der Waals surface area contributed by atoms with Gasteiger partial charge in [0, 0.05) is 19.7 Å². The van der Waals surface area contributed by atoms with Crippen LogP contribution in [0.4, 0.5) is 5.88 Å². The first-order valence-corrected chi connectivity index (χ1v) is 5.66. The van der Waals surface area contributed by atoms with Gasteiger partial charge in [0.2, 0.25) is 5.76 Å². The summed E-state index contributed by atoms with van der Waals surface area (Å²) in [6, 6.07) is 11.2. The van der Waals surface area contributed by atoms with Crippen molar-refractivity contribution in [2.75, 3.05) is 11.9 Å². The lowest BCUT2D eigenvalue weighted by Crippen LogP contribution is -2.16. The van der Waals surface area contributed by atoms with Crippen molar-refractivity contribution in [2.24, 2.45) is 0 Å². The summed E-state index contributed by atoms with van der Waals surface area (Å²) >= 11 is 0. The minimum Gasteiger partial charge on any atom is -0.475 e. The molecule has 1 aromatic carbocycles. The average Bonchev–Trinajstić information content (AvgIpc) is 2.81. The highest BCUT2D eigenvalue weighted by Gasteiger charge is 2.12. The first-order valence-electron chi connectivity index (χ1n) is 5.66. The van der Waals surface area contributed by atoms with E-state index in [0.717, 1.165) is 0 Å². The minimum absolute atomic E-state index is 0.0402. The Morgan fingerprint density at radius 2 is 2.00 bits per heavy atom. The summed E-state index contributed by atoms with van der Waals surface area (Å²) in [5.41, 5.74) is 2.39. The Morgan fingerprint density at radius 1 is 1.28 bits per heavy atom. The van der Waals surface area contributed by atoms with Gasteiger partial charge in [0.25, 0.3) is 0 Å². The summed E-state index contributed by atoms with van der Waals surface area (Å²) < 4.78 is 5.25. The summed E-state index contributed by atoms with van der Waals surface area (Å²) in [4.78, 5) is 12.6. The SMILES string of the molecule is Cc1ccccc1CN(C)c1ccc(C(=O)O)o1. The van der Waals surface area contributed by atoms with E-state index in [9.17, 15) is 4.79 Å². The van der Waals surface area contributed by atoms with Crippen molar-refractivity contribution in [1.29, 1.82) is 0 Å². The van der Waals surface area contributed by atoms with Crippen LogP contribution in [0.25, 0.3) is 0 Å². The van der Waals surface area contributed by atoms with Crippen LogP contribution >= 0.6 is 0 Å². The third kappa shape index (κ3) is 2.53. The van der Waals surface area contributed by atoms with Crippen LogP contribution in [0, 0.1) is 6.92 Å². The molecular weight excluding hydrogens is 230 g/mol. The van der Waals surface area contributed by atoms with Gasteiger partial charge in [-0.05, 0) is 24.1 Å². The van der Waals surface area contributed by atoms with Crippen molar-refractivity contribution in [3.8, 4) is 0 Å². The van der Waals surface area contributed by atoms with Gasteiger partial charge < -0.3 is 14.4 Å². The zero-order chi connectivity index (χ0) is 13.1. The van der Waals surface area contributed by atoms with Crippen molar-refractivity contribution in [1.82, 2.24) is 0 Å². The van der Waals surface area contributed by atoms with E-state index in [1.807, 2.05) is 43.1 Å². The fourth-order valence-corrected chi connectivity index (χ4v) is 1.77. The number of carboxylic acids is 1. The largest absolute Gasteiger partial charge is 0.475 e. The number of anilines is 1. The van der Waals surface area contributed by atoms with Crippen LogP contribution in [0.2, 0.25) is 0 Å². The highest BCUT2D eigenvalue weighted by atomic mass is 16.4. The lowest BCUT2D eigenvalue weighted by molar-refractivity contribution is 0.0663. The number of aromatic carboxylic acids is 1. The number of carboxylic acid groups (broad SMARTS) is 1. The molecule has 18 heavy (non-hydrogen) atoms. The first kappa shape index (κ1) is 12.2. The predicted molar refractivity (Wildman–Crippen MR) is 69.0 cm³/mol. The lowest BCUT2D eigenvalue weighted by atomic mass is 10.1. The Balaban J connectivity index is 2.14. The highest BCUT2D eigenvalue weighted by molar-refractivity contribution is 5.84. The van der Waals surface area contributed by atoms with Crippen LogP contribution in [0.5, 0.6) is 0 Å². The van der Waals surface area contributed by atoms with Gasteiger partial charge in [-0.1, -0.05) is 24.3 Å². The normalized spacial score (nSPS) is 10.3. The summed E-state index contributed by atoms with van der Waals surface area (Å²) in [6.07, 6.45) is 0. The Hall–Kier alpha value is -2.23. The van der Waals surface area contributed by atoms with Gasteiger partial charge >= 0.3 is 5.97 Å². The van der Waals surface area contributed by atoms with Gasteiger partial charge in [-0.25, -0.2) is 4.79 Å². The van der Waals surface area contributed by atoms with Gasteiger partial charge in [0.15, 0.2) is 5.88 Å². The molecule has 2 rings (SSSR count). The third-order valence-corrected chi connectivity index (χ3v) is 2.85. The van der Waals surface area contributed by atoms with Crippen molar-refractivity contribution < 1.29 is 14.3 Å². The fraction of sp³-hybridized carbons (Fsp3) is 0.214. The maximum Gasteiger partial charge on any atom is 0.371 e. The molecule has 0 aliphatic heterocycles. The maximum absolute atomic E-state index is 10.7. The van der Waals surface area contributed by atoms with Crippen LogP contribution in [-0.2, 0) is 6.54 Å². The zero-order valence-electron chi connectivity index (χ0n) is 10.4. The van der Waals surface area contributed by atoms with E-state index in [4.69, 9.17) is 9.52 Å². The van der Waals surface area contributed by atoms with Crippen molar-refractivity contribution >= 4 is 11.9 Å². The van der Waals surface area contributed by atoms with E-state index in [1.165, 1.54) is 17.2 Å². The molecule has 0 bridgehead atoms. The Bertz CT molecular complexity index is 560. The number of carbonyl (C=O) groups is 1. The molecule has 0 unspecified atom stereocenters. The number of hydrogen-bond acceptors (Lipinski definition) is 3. The van der Waals surface area contributed by atoms with E-state index < -0.39 is 5.97 Å². The Labute approximate surface area is 105 Å². The molecule has 0 aliphatic carbocycles. The summed E-state index contributed by atoms with van der Waals surface area (Å²) in [5.74, 6) is -0.539. The molecule has 0 saturated heterocycles. The molecule has 0 radical (unpaired) electrons. The number of benzene rings is 1. The quantitative estimate of drug-likeness (QED) is 0.899. The number of nitrogens with zero attached hydrogens (tertiary/aromatic N) is 1. The summed E-state index contributed by atoms with van der Waals surface area (Å²) in [6.45, 7) is 2.73. The van der Waals surface area contributed by atoms with Gasteiger partial charge in [-0.15, -0.1) is 0 Å². The maximum atomic E-state index is 10.7. The smallest absolute Gasteiger partial charge is 0.371 e. The molecule has 0 aliphatic rings. The van der Waals surface area contributed by atoms with Crippen molar-refractivity contribution in [3.05, 3.63) is 53.3 Å². The number of rotatable bonds is 4. The zero-order valence-corrected chi connectivity index (χ0v) is 10.4. The summed E-state index contributed by atoms with van der Waals surface area (Å²) in [5, 5.41) is 8.80. The second kappa shape index (κ2) is 4.96. The minimum atomic E-state index is -1.05. The topological polar surface area (TPSA) is 53.7 Å². The molecule has 0 spiro atoms. The third-order valence-electron chi connectivity index (χ3n) is 2.85. The first-order chi connectivity index (χ1) is 8.58. The molecule has 1 heterocycles. The van der Waals surface area contributed by atoms with Gasteiger partial charge in [-0.2, -0.15) is 0 Å². The van der Waals surface area contributed by atoms with Crippen LogP contribution < -0.4 is 4.90 Å². The Morgan fingerprint density at radius 3 is 2.61 bits per heavy atom. The van der Waals surface area contributed by atoms with Crippen LogP contribution in [0.1, 0.15) is 21.7 Å². The molecule has 0 amide bonds. The fourth-order valence-electron chi connectivity index (χ4n) is 1.77. The van der Waals surface area contributed by atoms with Crippen LogP contribution in [0.3, 0.4) is 0 Å². The van der Waals surface area contributed by atoms with E-state index in [0.29, 0.717) is 12.4 Å². The Kier molecular flexibility index (Phi) is 3.37. The molecule has 1 N–H and O–H groups in total. The number of hydrogen-bond donors (Lipinski definition) is 1. The molecule has 0 fully saturated rings. The molecular formula is C14H15NO3. The standard InChI is InChI=1S/C14H15NO3/c1-10-5-3-4-6-11(10)9-15(2)13-8-7-12(18-13)14(16)17/h3-8H,9H2,1-2H3,(H,16,17). The second-order valence-electron chi connectivity index (χ2n) is 4.23. The molecule has 4 nitrogen and oxygen atoms in total. The molecule has 2 aromatic rings. The lowest BCUT2D eigenvalue weighted by Gasteiger charge is -2.17. The molecule has 1 aromatic heterocycles. The predicted octanol–water partition coefficient (Wildman–Crippen LogP) is 2.92. The monoisotopic (exact) mass is 245 g/mol. The van der Waals surface area contributed by atoms with E-state index in [1.54, 1.807) is 6.07 Å². The second-order valence-corrected chi connectivity index (χ2v) is 4.23. The van der Waals surface area contributed by atoms with Crippen LogP contribution in [0.15, 0.2) is 40.8 Å². The van der Waals surface area contributed by atoms with Crippen molar-refractivity contribution in [3.63, 3.8) is 0 Å². The number of furan rings is 1. The van der Waals surface area contributed by atoms with E-state index >= 15 is 0 Å². The molecule has 94 valence electrons. The van der Waals surface area contributed by atoms with Crippen LogP contribution in [-0.4, -0.2) is 18.1 Å². The highest BCUT2D eigenvalue weighted by Crippen LogP contribution is 2.20. The van der Waals surface area contributed by atoms with Gasteiger partial charge in [-0.3, -0.25) is 0 Å². The van der Waals surface area contributed by atoms with E-state index in [-0.39, 0.29) is 5.76 Å². The average molecular weight is 245 g/mol. The van der Waals surface area contributed by atoms with E-state index in [2.05, 4.69) is 0 Å². The summed E-state index contributed by atoms with van der Waals surface area (Å²) in [7, 11) is 1.87. The molecule has 4 heteroatoms. The molecule has 0 saturated carbocycles. The van der Waals surface area contributed by atoms with Gasteiger partial charge in [0.1, 0.15) is 0 Å². The molecule has 0 atom stereocenters.